The van der Waals surface area contributed by atoms with Crippen molar-refractivity contribution in [3.8, 4) is 34.7 Å². The van der Waals surface area contributed by atoms with Crippen molar-refractivity contribution in [2.75, 3.05) is 0 Å². The zero-order chi connectivity index (χ0) is 40.4. The van der Waals surface area contributed by atoms with Crippen molar-refractivity contribution >= 4 is 88.0 Å². The van der Waals surface area contributed by atoms with Gasteiger partial charge in [-0.25, -0.2) is 9.97 Å². The smallest absolute Gasteiger partial charge is 0.172 e. The fourth-order valence-electron chi connectivity index (χ4n) is 9.04. The summed E-state index contributed by atoms with van der Waals surface area (Å²) in [5.41, 5.74) is 5.86. The van der Waals surface area contributed by atoms with Crippen LogP contribution in [0.4, 0.5) is 0 Å². The molecule has 0 spiro atoms. The van der Waals surface area contributed by atoms with Crippen LogP contribution in [0.1, 0.15) is 11.1 Å². The third-order valence-electron chi connectivity index (χ3n) is 11.7. The summed E-state index contributed by atoms with van der Waals surface area (Å²) in [4.78, 5) is 10.5. The molecule has 5 nitrogen and oxygen atoms in total. The van der Waals surface area contributed by atoms with E-state index < -0.39 is 7.14 Å². The summed E-state index contributed by atoms with van der Waals surface area (Å²) >= 11 is 0. The average molecular weight is 783 g/mol. The Balaban J connectivity index is 1.34. The highest BCUT2D eigenvalue weighted by molar-refractivity contribution is 7.86. The van der Waals surface area contributed by atoms with Gasteiger partial charge in [-0.1, -0.05) is 152 Å². The van der Waals surface area contributed by atoms with Crippen LogP contribution in [-0.4, -0.2) is 9.97 Å². The van der Waals surface area contributed by atoms with Crippen LogP contribution in [0.3, 0.4) is 0 Å². The van der Waals surface area contributed by atoms with Crippen molar-refractivity contribution in [3.63, 3.8) is 0 Å². The van der Waals surface area contributed by atoms with Crippen LogP contribution in [0.25, 0.3) is 87.4 Å². The van der Waals surface area contributed by atoms with E-state index in [0.29, 0.717) is 27.0 Å². The zero-order valence-electron chi connectivity index (χ0n) is 32.0. The molecule has 0 aliphatic carbocycles. The molecular weight excluding hydrogens is 752 g/mol. The number of pyridine rings is 2. The van der Waals surface area contributed by atoms with Gasteiger partial charge in [-0.2, -0.15) is 10.5 Å². The predicted octanol–water partition coefficient (Wildman–Crippen LogP) is 12.1. The molecule has 0 saturated carbocycles. The second-order valence-electron chi connectivity index (χ2n) is 15.0. The second-order valence-corrected chi connectivity index (χ2v) is 17.7. The van der Waals surface area contributed by atoms with Gasteiger partial charge in [0.15, 0.2) is 7.14 Å². The normalized spacial score (nSPS) is 11.7. The van der Waals surface area contributed by atoms with Crippen LogP contribution in [0.2, 0.25) is 0 Å². The summed E-state index contributed by atoms with van der Waals surface area (Å²) in [7, 11) is -3.79. The summed E-state index contributed by atoms with van der Waals surface area (Å²) in [6, 6.07) is 66.7. The fraction of sp³-hybridized carbons (Fsp3) is 0. The first-order valence-electron chi connectivity index (χ1n) is 19.7. The third kappa shape index (κ3) is 5.35. The summed E-state index contributed by atoms with van der Waals surface area (Å²) in [5, 5.41) is 31.1. The molecule has 11 rings (SSSR count). The van der Waals surface area contributed by atoms with E-state index >= 15 is 4.57 Å². The maximum absolute atomic E-state index is 17.4. The molecule has 0 aliphatic heterocycles. The van der Waals surface area contributed by atoms with Gasteiger partial charge in [-0.15, -0.1) is 0 Å². The van der Waals surface area contributed by atoms with E-state index in [4.69, 9.17) is 9.97 Å². The Labute approximate surface area is 345 Å². The van der Waals surface area contributed by atoms with E-state index in [-0.39, 0.29) is 0 Å². The molecule has 0 radical (unpaired) electrons. The molecule has 2 aromatic heterocycles. The minimum atomic E-state index is -3.79. The van der Waals surface area contributed by atoms with Crippen molar-refractivity contribution in [1.82, 2.24) is 9.97 Å². The molecule has 60 heavy (non-hydrogen) atoms. The van der Waals surface area contributed by atoms with E-state index in [1.165, 1.54) is 0 Å². The van der Waals surface area contributed by atoms with E-state index in [1.54, 1.807) is 0 Å². The highest BCUT2D eigenvalue weighted by atomic mass is 31.2. The van der Waals surface area contributed by atoms with Crippen LogP contribution >= 0.6 is 7.14 Å². The average Bonchev–Trinajstić information content (AvgIpc) is 3.32. The van der Waals surface area contributed by atoms with Crippen LogP contribution in [0, 0.1) is 22.7 Å². The first-order valence-corrected chi connectivity index (χ1v) is 21.4. The maximum atomic E-state index is 17.4. The first kappa shape index (κ1) is 35.2. The number of hydrogen-bond donors (Lipinski definition) is 0. The SMILES string of the molecule is N#Cc1ccc2c(c1)nc(-c1ccccc1)c1cc(P(=O)(c3ccccc3)c3cc4c(-c5ccccc5)nc5cc(C#N)ccc5c4c4ccccc34)c3ccccc3c12. The Morgan fingerprint density at radius 3 is 1.18 bits per heavy atom. The number of benzene rings is 9. The Morgan fingerprint density at radius 1 is 0.383 bits per heavy atom. The molecule has 0 bridgehead atoms. The standard InChI is InChI=1S/C54H31N4OP/c55-32-34-24-26-43-47(28-34)57-53(36-14-4-1-5-15-36)45-30-49(39-20-10-12-22-41(39)51(43)45)60(59,38-18-8-3-9-19-38)50-31-46-52(42-23-13-11-21-40(42)50)44-27-25-35(33-56)29-48(44)58-54(46)37-16-6-2-7-17-37/h1-31H. The zero-order valence-corrected chi connectivity index (χ0v) is 32.9. The largest absolute Gasteiger partial charge is 0.309 e. The number of aromatic nitrogens is 2. The Morgan fingerprint density at radius 2 is 0.767 bits per heavy atom. The van der Waals surface area contributed by atoms with Crippen molar-refractivity contribution < 1.29 is 4.57 Å². The monoisotopic (exact) mass is 782 g/mol. The molecule has 278 valence electrons. The van der Waals surface area contributed by atoms with Gasteiger partial charge in [0, 0.05) is 59.4 Å². The summed E-state index contributed by atoms with van der Waals surface area (Å²) in [5.74, 6) is 0. The molecule has 0 fully saturated rings. The van der Waals surface area contributed by atoms with E-state index in [9.17, 15) is 10.5 Å². The number of nitriles is 2. The summed E-state index contributed by atoms with van der Waals surface area (Å²) in [6.45, 7) is 0. The van der Waals surface area contributed by atoms with Crippen molar-refractivity contribution in [2.45, 2.75) is 0 Å². The van der Waals surface area contributed by atoms with Gasteiger partial charge >= 0.3 is 0 Å². The molecule has 0 unspecified atom stereocenters. The summed E-state index contributed by atoms with van der Waals surface area (Å²) in [6.07, 6.45) is 0. The van der Waals surface area contributed by atoms with Gasteiger partial charge in [-0.05, 0) is 57.9 Å². The second kappa shape index (κ2) is 13.9. The van der Waals surface area contributed by atoms with E-state index in [1.807, 2.05) is 152 Å². The molecule has 0 saturated heterocycles. The fourth-order valence-corrected chi connectivity index (χ4v) is 12.1. The van der Waals surface area contributed by atoms with E-state index in [2.05, 4.69) is 48.5 Å². The van der Waals surface area contributed by atoms with Gasteiger partial charge in [0.2, 0.25) is 0 Å². The highest BCUT2D eigenvalue weighted by Gasteiger charge is 2.35. The Kier molecular flexibility index (Phi) is 8.14. The van der Waals surface area contributed by atoms with Crippen LogP contribution in [0.5, 0.6) is 0 Å². The Hall–Kier alpha value is -7.95. The minimum absolute atomic E-state index is 0.536. The third-order valence-corrected chi connectivity index (χ3v) is 14.8. The molecule has 11 aromatic rings. The van der Waals surface area contributed by atoms with Crippen molar-refractivity contribution in [3.05, 3.63) is 199 Å². The molecule has 0 amide bonds. The highest BCUT2D eigenvalue weighted by Crippen LogP contribution is 2.51. The minimum Gasteiger partial charge on any atom is -0.309 e. The molecule has 0 atom stereocenters. The van der Waals surface area contributed by atoms with E-state index in [0.717, 1.165) is 87.4 Å². The van der Waals surface area contributed by atoms with Crippen molar-refractivity contribution in [2.24, 2.45) is 0 Å². The molecule has 0 N–H and O–H groups in total. The lowest BCUT2D eigenvalue weighted by molar-refractivity contribution is 0.593. The molecule has 2 heterocycles. The van der Waals surface area contributed by atoms with Crippen LogP contribution in [0.15, 0.2) is 188 Å². The molecule has 0 aliphatic rings. The lowest BCUT2D eigenvalue weighted by atomic mass is 9.94. The van der Waals surface area contributed by atoms with Crippen LogP contribution < -0.4 is 15.9 Å². The van der Waals surface area contributed by atoms with Gasteiger partial charge in [0.05, 0.1) is 45.7 Å². The molecule has 9 aromatic carbocycles. The topological polar surface area (TPSA) is 90.4 Å². The number of hydrogen-bond acceptors (Lipinski definition) is 5. The number of rotatable bonds is 5. The lowest BCUT2D eigenvalue weighted by Gasteiger charge is -2.26. The lowest BCUT2D eigenvalue weighted by Crippen LogP contribution is -2.26. The van der Waals surface area contributed by atoms with Crippen molar-refractivity contribution in [1.29, 1.82) is 10.5 Å². The predicted molar refractivity (Wildman–Crippen MR) is 247 cm³/mol. The Bertz CT molecular complexity index is 3480. The summed E-state index contributed by atoms with van der Waals surface area (Å²) < 4.78 is 17.4. The number of fused-ring (bicyclic) bond motifs is 10. The van der Waals surface area contributed by atoms with Gasteiger partial charge in [0.25, 0.3) is 0 Å². The van der Waals surface area contributed by atoms with Gasteiger partial charge in [0.1, 0.15) is 0 Å². The molecular formula is C54H31N4OP. The molecule has 6 heteroatoms. The maximum Gasteiger partial charge on any atom is 0.172 e. The number of nitrogens with zero attached hydrogens (tertiary/aromatic N) is 4. The van der Waals surface area contributed by atoms with Crippen LogP contribution in [-0.2, 0) is 4.57 Å². The quantitative estimate of drug-likeness (QED) is 0.128. The first-order chi connectivity index (χ1) is 29.5. The van der Waals surface area contributed by atoms with Gasteiger partial charge in [-0.3, -0.25) is 0 Å². The van der Waals surface area contributed by atoms with Gasteiger partial charge < -0.3 is 4.57 Å².